The molecule has 2 rings (SSSR count). The van der Waals surface area contributed by atoms with E-state index in [1.165, 1.54) is 22.3 Å². The molecule has 0 saturated carbocycles. The van der Waals surface area contributed by atoms with Crippen molar-refractivity contribution in [1.29, 1.82) is 0 Å². The molecule has 0 atom stereocenters. The van der Waals surface area contributed by atoms with Crippen LogP contribution >= 0.6 is 22.7 Å². The predicted octanol–water partition coefficient (Wildman–Crippen LogP) is 2.79. The van der Waals surface area contributed by atoms with E-state index in [2.05, 4.69) is 22.9 Å². The number of nitrogens with zero attached hydrogens (tertiary/aromatic N) is 1. The number of anilines is 1. The van der Waals surface area contributed by atoms with Crippen molar-refractivity contribution in [2.75, 3.05) is 5.32 Å². The summed E-state index contributed by atoms with van der Waals surface area (Å²) in [5.41, 5.74) is 0. The zero-order chi connectivity index (χ0) is 10.1. The van der Waals surface area contributed by atoms with E-state index in [4.69, 9.17) is 0 Å². The summed E-state index contributed by atoms with van der Waals surface area (Å²) in [4.78, 5) is 17.5. The number of nitrogens with one attached hydrogen (secondary N) is 1. The molecule has 0 aliphatic rings. The predicted molar refractivity (Wildman–Crippen MR) is 61.1 cm³/mol. The third-order valence-electron chi connectivity index (χ3n) is 1.63. The van der Waals surface area contributed by atoms with Gasteiger partial charge in [0.1, 0.15) is 4.83 Å². The van der Waals surface area contributed by atoms with Gasteiger partial charge in [-0.2, -0.15) is 0 Å². The Kier molecular flexibility index (Phi) is 2.35. The molecular formula is C9H8N2OS2. The van der Waals surface area contributed by atoms with E-state index in [1.807, 2.05) is 6.92 Å². The molecule has 1 N–H and O–H groups in total. The molecule has 1 amide bonds. The van der Waals surface area contributed by atoms with Gasteiger partial charge in [-0.15, -0.1) is 11.3 Å². The zero-order valence-electron chi connectivity index (χ0n) is 7.53. The Balaban J connectivity index is 2.31. The van der Waals surface area contributed by atoms with Crippen LogP contribution in [0.2, 0.25) is 0 Å². The van der Waals surface area contributed by atoms with Gasteiger partial charge in [0.25, 0.3) is 0 Å². The normalized spacial score (nSPS) is 10.4. The maximum atomic E-state index is 11.0. The van der Waals surface area contributed by atoms with Gasteiger partial charge in [-0.3, -0.25) is 10.1 Å². The first-order chi connectivity index (χ1) is 6.69. The van der Waals surface area contributed by atoms with E-state index in [0.29, 0.717) is 5.13 Å². The van der Waals surface area contributed by atoms with Gasteiger partial charge in [0, 0.05) is 4.88 Å². The summed E-state index contributed by atoms with van der Waals surface area (Å²) in [5, 5.41) is 3.28. The minimum Gasteiger partial charge on any atom is -0.298 e. The highest BCUT2D eigenvalue weighted by Crippen LogP contribution is 2.32. The molecule has 0 unspecified atom stereocenters. The van der Waals surface area contributed by atoms with Gasteiger partial charge in [-0.05, 0) is 19.1 Å². The molecule has 2 aromatic heterocycles. The van der Waals surface area contributed by atoms with Crippen LogP contribution in [-0.2, 0) is 4.79 Å². The Bertz CT molecular complexity index is 466. The van der Waals surface area contributed by atoms with Crippen LogP contribution in [0.4, 0.5) is 5.13 Å². The van der Waals surface area contributed by atoms with Crippen molar-refractivity contribution in [2.24, 2.45) is 0 Å². The molecule has 0 fully saturated rings. The number of thiazole rings is 1. The Morgan fingerprint density at radius 1 is 1.64 bits per heavy atom. The maximum absolute atomic E-state index is 11.0. The first kappa shape index (κ1) is 9.36. The number of aryl methyl sites for hydroxylation is 1. The molecular weight excluding hydrogens is 216 g/mol. The van der Waals surface area contributed by atoms with Crippen molar-refractivity contribution in [3.8, 4) is 0 Å². The molecule has 0 aliphatic heterocycles. The molecule has 0 aromatic carbocycles. The van der Waals surface area contributed by atoms with Crippen LogP contribution in [-0.4, -0.2) is 10.9 Å². The first-order valence-corrected chi connectivity index (χ1v) is 5.63. The number of aromatic nitrogens is 1. The van der Waals surface area contributed by atoms with Crippen molar-refractivity contribution in [1.82, 2.24) is 4.98 Å². The van der Waals surface area contributed by atoms with Crippen molar-refractivity contribution in [2.45, 2.75) is 6.92 Å². The summed E-state index contributed by atoms with van der Waals surface area (Å²) < 4.78 is 1.12. The summed E-state index contributed by atoms with van der Waals surface area (Å²) in [6.45, 7) is 5.42. The number of fused-ring (bicyclic) bond motifs is 1. The van der Waals surface area contributed by atoms with Crippen LogP contribution in [0.1, 0.15) is 4.88 Å². The summed E-state index contributed by atoms with van der Waals surface area (Å²) in [5.74, 6) is -0.219. The third-order valence-corrected chi connectivity index (χ3v) is 3.62. The smallest absolute Gasteiger partial charge is 0.249 e. The topological polar surface area (TPSA) is 42.0 Å². The number of hydrogen-bond donors (Lipinski definition) is 1. The van der Waals surface area contributed by atoms with Crippen molar-refractivity contribution >= 4 is 43.2 Å². The molecule has 5 heteroatoms. The largest absolute Gasteiger partial charge is 0.298 e. The van der Waals surface area contributed by atoms with E-state index < -0.39 is 0 Å². The Morgan fingerprint density at radius 3 is 3.07 bits per heavy atom. The SMILES string of the molecule is C=CC(=O)Nc1nc2sc(C)cc2s1. The Morgan fingerprint density at radius 2 is 2.43 bits per heavy atom. The Labute approximate surface area is 89.1 Å². The summed E-state index contributed by atoms with van der Waals surface area (Å²) in [7, 11) is 0. The number of rotatable bonds is 2. The molecule has 72 valence electrons. The van der Waals surface area contributed by atoms with Crippen molar-refractivity contribution in [3.05, 3.63) is 23.6 Å². The fourth-order valence-corrected chi connectivity index (χ4v) is 3.08. The zero-order valence-corrected chi connectivity index (χ0v) is 9.17. The van der Waals surface area contributed by atoms with Crippen LogP contribution < -0.4 is 5.32 Å². The van der Waals surface area contributed by atoms with Gasteiger partial charge in [-0.25, -0.2) is 4.98 Å². The minimum absolute atomic E-state index is 0.219. The molecule has 0 spiro atoms. The molecule has 0 aliphatic carbocycles. The number of carbonyl (C=O) groups excluding carboxylic acids is 1. The lowest BCUT2D eigenvalue weighted by molar-refractivity contribution is -0.111. The van der Waals surface area contributed by atoms with E-state index >= 15 is 0 Å². The van der Waals surface area contributed by atoms with Gasteiger partial charge < -0.3 is 0 Å². The molecule has 0 radical (unpaired) electrons. The highest BCUT2D eigenvalue weighted by molar-refractivity contribution is 7.29. The quantitative estimate of drug-likeness (QED) is 0.797. The lowest BCUT2D eigenvalue weighted by Gasteiger charge is -1.92. The van der Waals surface area contributed by atoms with Crippen LogP contribution in [0.15, 0.2) is 18.7 Å². The lowest BCUT2D eigenvalue weighted by atomic mass is 10.5. The fourth-order valence-electron chi connectivity index (χ4n) is 1.06. The van der Waals surface area contributed by atoms with Crippen LogP contribution in [0.25, 0.3) is 9.53 Å². The van der Waals surface area contributed by atoms with E-state index in [-0.39, 0.29) is 5.91 Å². The molecule has 0 bridgehead atoms. The third kappa shape index (κ3) is 1.69. The standard InChI is InChI=1S/C9H8N2OS2/c1-3-7(12)10-9-11-8-6(14-9)4-5(2)13-8/h3-4H,1H2,2H3,(H,10,11,12). The van der Waals surface area contributed by atoms with E-state index in [0.717, 1.165) is 9.53 Å². The first-order valence-electron chi connectivity index (χ1n) is 3.99. The van der Waals surface area contributed by atoms with Crippen LogP contribution in [0.5, 0.6) is 0 Å². The summed E-state index contributed by atoms with van der Waals surface area (Å²) >= 11 is 3.11. The van der Waals surface area contributed by atoms with Gasteiger partial charge >= 0.3 is 0 Å². The van der Waals surface area contributed by atoms with Gasteiger partial charge in [0.15, 0.2) is 5.13 Å². The Hall–Kier alpha value is -1.20. The fraction of sp³-hybridized carbons (Fsp3) is 0.111. The van der Waals surface area contributed by atoms with Gasteiger partial charge in [0.2, 0.25) is 5.91 Å². The van der Waals surface area contributed by atoms with Crippen LogP contribution in [0.3, 0.4) is 0 Å². The minimum atomic E-state index is -0.219. The second-order valence-electron chi connectivity index (χ2n) is 2.74. The van der Waals surface area contributed by atoms with Crippen molar-refractivity contribution < 1.29 is 4.79 Å². The van der Waals surface area contributed by atoms with E-state index in [1.54, 1.807) is 11.3 Å². The number of amides is 1. The van der Waals surface area contributed by atoms with Gasteiger partial charge in [-0.1, -0.05) is 17.9 Å². The second kappa shape index (κ2) is 3.51. The summed E-state index contributed by atoms with van der Waals surface area (Å²) in [6, 6.07) is 2.07. The number of carbonyl (C=O) groups is 1. The van der Waals surface area contributed by atoms with Crippen molar-refractivity contribution in [3.63, 3.8) is 0 Å². The summed E-state index contributed by atoms with van der Waals surface area (Å²) in [6.07, 6.45) is 1.24. The average molecular weight is 224 g/mol. The van der Waals surface area contributed by atoms with E-state index in [9.17, 15) is 4.79 Å². The number of thiophene rings is 1. The molecule has 14 heavy (non-hydrogen) atoms. The maximum Gasteiger partial charge on any atom is 0.249 e. The van der Waals surface area contributed by atoms with Crippen LogP contribution in [0, 0.1) is 6.92 Å². The lowest BCUT2D eigenvalue weighted by Crippen LogP contribution is -2.06. The van der Waals surface area contributed by atoms with Gasteiger partial charge in [0.05, 0.1) is 4.70 Å². The monoisotopic (exact) mass is 224 g/mol. The number of hydrogen-bond acceptors (Lipinski definition) is 4. The molecule has 3 nitrogen and oxygen atoms in total. The molecule has 0 saturated heterocycles. The highest BCUT2D eigenvalue weighted by atomic mass is 32.1. The highest BCUT2D eigenvalue weighted by Gasteiger charge is 2.07. The molecule has 2 aromatic rings. The average Bonchev–Trinajstić information content (AvgIpc) is 2.60. The molecule has 2 heterocycles. The second-order valence-corrected chi connectivity index (χ2v) is 5.00.